The molecule has 0 aliphatic carbocycles. The normalized spacial score (nSPS) is 14.2. The zero-order chi connectivity index (χ0) is 31.9. The lowest BCUT2D eigenvalue weighted by Gasteiger charge is -2.29. The SMILES string of the molecule is Cc1c(COc2ccc(-c3ncc4c(n3)CCN(CC(C)CC(=O)O)C4)cc2)cccc1C(F)(F)F.O=C(O)C(F)(F)F. The Balaban J connectivity index is 0.000000646. The summed E-state index contributed by atoms with van der Waals surface area (Å²) in [6, 6.07) is 11.3. The molecule has 2 heterocycles. The van der Waals surface area contributed by atoms with Gasteiger partial charge in [-0.15, -0.1) is 0 Å². The maximum Gasteiger partial charge on any atom is 0.490 e. The first-order valence-corrected chi connectivity index (χ1v) is 13.0. The van der Waals surface area contributed by atoms with Crippen molar-refractivity contribution in [3.8, 4) is 17.1 Å². The van der Waals surface area contributed by atoms with Crippen molar-refractivity contribution in [2.45, 2.75) is 52.2 Å². The molecule has 4 rings (SSSR count). The monoisotopic (exact) mass is 613 g/mol. The van der Waals surface area contributed by atoms with E-state index in [2.05, 4.69) is 9.88 Å². The molecule has 8 nitrogen and oxygen atoms in total. The summed E-state index contributed by atoms with van der Waals surface area (Å²) in [6.07, 6.45) is -6.74. The third kappa shape index (κ3) is 9.66. The average molecular weight is 614 g/mol. The predicted molar refractivity (Wildman–Crippen MR) is 142 cm³/mol. The van der Waals surface area contributed by atoms with E-state index >= 15 is 0 Å². The number of carboxylic acids is 2. The Kier molecular flexibility index (Phi) is 10.7. The van der Waals surface area contributed by atoms with E-state index in [1.165, 1.54) is 13.0 Å². The fraction of sp³-hybridized carbons (Fsp3) is 0.379. The molecule has 1 aromatic heterocycles. The maximum absolute atomic E-state index is 13.1. The summed E-state index contributed by atoms with van der Waals surface area (Å²) in [5.41, 5.74) is 2.85. The molecular weight excluding hydrogens is 584 g/mol. The topological polar surface area (TPSA) is 113 Å². The lowest BCUT2D eigenvalue weighted by molar-refractivity contribution is -0.192. The van der Waals surface area contributed by atoms with Gasteiger partial charge in [0.15, 0.2) is 5.82 Å². The number of fused-ring (bicyclic) bond motifs is 1. The Morgan fingerprint density at radius 2 is 1.70 bits per heavy atom. The number of hydrogen-bond donors (Lipinski definition) is 2. The summed E-state index contributed by atoms with van der Waals surface area (Å²) in [5, 5.41) is 16.1. The van der Waals surface area contributed by atoms with Crippen LogP contribution in [0.25, 0.3) is 11.4 Å². The van der Waals surface area contributed by atoms with E-state index in [0.29, 0.717) is 23.7 Å². The predicted octanol–water partition coefficient (Wildman–Crippen LogP) is 6.15. The summed E-state index contributed by atoms with van der Waals surface area (Å²) < 4.78 is 76.9. The van der Waals surface area contributed by atoms with Gasteiger partial charge < -0.3 is 14.9 Å². The Hall–Kier alpha value is -4.20. The number of rotatable bonds is 8. The van der Waals surface area contributed by atoms with Crippen LogP contribution in [-0.4, -0.2) is 56.3 Å². The number of aliphatic carboxylic acids is 2. The highest BCUT2D eigenvalue weighted by Crippen LogP contribution is 2.33. The van der Waals surface area contributed by atoms with Gasteiger partial charge in [0.2, 0.25) is 0 Å². The van der Waals surface area contributed by atoms with Gasteiger partial charge in [-0.05, 0) is 54.3 Å². The van der Waals surface area contributed by atoms with E-state index in [9.17, 15) is 31.1 Å². The molecule has 1 unspecified atom stereocenters. The van der Waals surface area contributed by atoms with Crippen molar-refractivity contribution in [3.05, 3.63) is 76.6 Å². The number of ether oxygens (including phenoxy) is 1. The first-order valence-electron chi connectivity index (χ1n) is 13.0. The molecule has 0 amide bonds. The first-order chi connectivity index (χ1) is 20.0. The molecule has 43 heavy (non-hydrogen) atoms. The van der Waals surface area contributed by atoms with Crippen LogP contribution in [0.4, 0.5) is 26.3 Å². The highest BCUT2D eigenvalue weighted by molar-refractivity contribution is 5.73. The molecule has 2 N–H and O–H groups in total. The quantitative estimate of drug-likeness (QED) is 0.291. The van der Waals surface area contributed by atoms with Crippen LogP contribution in [-0.2, 0) is 35.3 Å². The number of alkyl halides is 6. The van der Waals surface area contributed by atoms with Crippen molar-refractivity contribution >= 4 is 11.9 Å². The van der Waals surface area contributed by atoms with E-state index in [0.717, 1.165) is 42.4 Å². The van der Waals surface area contributed by atoms with Crippen molar-refractivity contribution in [1.29, 1.82) is 0 Å². The Morgan fingerprint density at radius 1 is 1.05 bits per heavy atom. The van der Waals surface area contributed by atoms with Gasteiger partial charge in [-0.1, -0.05) is 19.1 Å². The molecule has 2 aromatic carbocycles. The largest absolute Gasteiger partial charge is 0.490 e. The van der Waals surface area contributed by atoms with Gasteiger partial charge in [0, 0.05) is 49.8 Å². The molecule has 0 spiro atoms. The number of aromatic nitrogens is 2. The molecule has 3 aromatic rings. The molecule has 0 saturated heterocycles. The van der Waals surface area contributed by atoms with Gasteiger partial charge in [0.05, 0.1) is 11.3 Å². The van der Waals surface area contributed by atoms with Crippen molar-refractivity contribution < 1.29 is 50.9 Å². The summed E-state index contributed by atoms with van der Waals surface area (Å²) in [4.78, 5) is 31.3. The van der Waals surface area contributed by atoms with Crippen LogP contribution in [0.3, 0.4) is 0 Å². The molecule has 1 atom stereocenters. The van der Waals surface area contributed by atoms with Gasteiger partial charge >= 0.3 is 24.3 Å². The van der Waals surface area contributed by atoms with Crippen LogP contribution < -0.4 is 4.74 Å². The van der Waals surface area contributed by atoms with Crippen LogP contribution in [0.2, 0.25) is 0 Å². The van der Waals surface area contributed by atoms with Crippen molar-refractivity contribution in [3.63, 3.8) is 0 Å². The smallest absolute Gasteiger partial charge is 0.489 e. The second-order valence-corrected chi connectivity index (χ2v) is 10.1. The van der Waals surface area contributed by atoms with Crippen LogP contribution >= 0.6 is 0 Å². The van der Waals surface area contributed by atoms with Crippen molar-refractivity contribution in [2.24, 2.45) is 5.92 Å². The van der Waals surface area contributed by atoms with E-state index in [-0.39, 0.29) is 24.5 Å². The maximum atomic E-state index is 13.1. The van der Waals surface area contributed by atoms with Crippen LogP contribution in [0.1, 0.15) is 41.3 Å². The summed E-state index contributed by atoms with van der Waals surface area (Å²) in [5.74, 6) is -2.33. The average Bonchev–Trinajstić information content (AvgIpc) is 2.91. The number of carboxylic acid groups (broad SMARTS) is 2. The van der Waals surface area contributed by atoms with Crippen LogP contribution in [0.5, 0.6) is 5.75 Å². The number of carbonyl (C=O) groups is 2. The molecule has 0 fully saturated rings. The van der Waals surface area contributed by atoms with Gasteiger partial charge in [-0.25, -0.2) is 14.8 Å². The number of halogens is 6. The number of nitrogens with zero attached hydrogens (tertiary/aromatic N) is 3. The molecule has 232 valence electrons. The molecule has 0 radical (unpaired) electrons. The lowest BCUT2D eigenvalue weighted by Crippen LogP contribution is -2.35. The third-order valence-corrected chi connectivity index (χ3v) is 6.61. The zero-order valence-electron chi connectivity index (χ0n) is 23.2. The third-order valence-electron chi connectivity index (χ3n) is 6.61. The highest BCUT2D eigenvalue weighted by atomic mass is 19.4. The Bertz CT molecular complexity index is 1430. The number of hydrogen-bond acceptors (Lipinski definition) is 6. The zero-order valence-corrected chi connectivity index (χ0v) is 23.2. The van der Waals surface area contributed by atoms with Crippen LogP contribution in [0, 0.1) is 12.8 Å². The van der Waals surface area contributed by atoms with Crippen molar-refractivity contribution in [1.82, 2.24) is 14.9 Å². The van der Waals surface area contributed by atoms with Gasteiger partial charge in [0.1, 0.15) is 12.4 Å². The summed E-state index contributed by atoms with van der Waals surface area (Å²) in [7, 11) is 0. The molecule has 0 saturated carbocycles. The lowest BCUT2D eigenvalue weighted by atomic mass is 10.0. The van der Waals surface area contributed by atoms with E-state index in [1.54, 1.807) is 18.2 Å². The van der Waals surface area contributed by atoms with Crippen LogP contribution in [0.15, 0.2) is 48.7 Å². The minimum atomic E-state index is -5.08. The van der Waals surface area contributed by atoms with Gasteiger partial charge in [-0.2, -0.15) is 26.3 Å². The Morgan fingerprint density at radius 3 is 2.28 bits per heavy atom. The van der Waals surface area contributed by atoms with E-state index in [4.69, 9.17) is 24.7 Å². The fourth-order valence-electron chi connectivity index (χ4n) is 4.48. The molecule has 1 aliphatic heterocycles. The second kappa shape index (κ2) is 13.8. The molecule has 14 heteroatoms. The van der Waals surface area contributed by atoms with E-state index < -0.39 is 29.9 Å². The minimum absolute atomic E-state index is 0.0338. The highest BCUT2D eigenvalue weighted by Gasteiger charge is 2.38. The van der Waals surface area contributed by atoms with Gasteiger partial charge in [-0.3, -0.25) is 9.69 Å². The summed E-state index contributed by atoms with van der Waals surface area (Å²) in [6.45, 7) is 5.66. The minimum Gasteiger partial charge on any atom is -0.489 e. The second-order valence-electron chi connectivity index (χ2n) is 10.1. The molecular formula is C29H29F6N3O5. The standard InChI is InChI=1S/C27H28F3N3O3.C2HF3O2/c1-17(12-25(34)35)14-33-11-10-24-21(15-33)13-31-26(32-24)19-6-8-22(9-7-19)36-16-20-4-3-5-23(18(20)2)27(28,29)30;3-2(4,5)1(6)7/h3-9,13,17H,10-12,14-16H2,1-2H3,(H,34,35);(H,6,7). The summed E-state index contributed by atoms with van der Waals surface area (Å²) >= 11 is 0. The Labute approximate surface area is 243 Å². The number of benzene rings is 2. The van der Waals surface area contributed by atoms with E-state index in [1.807, 2.05) is 25.3 Å². The van der Waals surface area contributed by atoms with Gasteiger partial charge in [0.25, 0.3) is 0 Å². The molecule has 0 bridgehead atoms. The molecule has 1 aliphatic rings. The first kappa shape index (κ1) is 33.3. The fourth-order valence-corrected chi connectivity index (χ4v) is 4.48. The van der Waals surface area contributed by atoms with Crippen molar-refractivity contribution in [2.75, 3.05) is 13.1 Å².